The van der Waals surface area contributed by atoms with Crippen molar-refractivity contribution in [1.82, 2.24) is 4.90 Å². The molecule has 17 heavy (non-hydrogen) atoms. The van der Waals surface area contributed by atoms with Crippen molar-refractivity contribution in [2.45, 2.75) is 25.4 Å². The van der Waals surface area contributed by atoms with Gasteiger partial charge in [-0.1, -0.05) is 12.1 Å². The van der Waals surface area contributed by atoms with Crippen LogP contribution in [-0.2, 0) is 0 Å². The van der Waals surface area contributed by atoms with Crippen LogP contribution in [0.2, 0.25) is 0 Å². The summed E-state index contributed by atoms with van der Waals surface area (Å²) >= 11 is 0. The van der Waals surface area contributed by atoms with E-state index in [1.165, 1.54) is 0 Å². The molecule has 1 atom stereocenters. The van der Waals surface area contributed by atoms with Crippen molar-refractivity contribution >= 4 is 0 Å². The second kappa shape index (κ2) is 5.52. The molecule has 0 aliphatic rings. The Morgan fingerprint density at radius 2 is 2.00 bits per heavy atom. The summed E-state index contributed by atoms with van der Waals surface area (Å²) in [6, 6.07) is 7.91. The molecule has 0 bridgehead atoms. The Kier molecular flexibility index (Phi) is 4.54. The van der Waals surface area contributed by atoms with E-state index in [0.29, 0.717) is 0 Å². The molecule has 3 nitrogen and oxygen atoms in total. The Balaban J connectivity index is 3.04. The van der Waals surface area contributed by atoms with Gasteiger partial charge in [-0.05, 0) is 45.6 Å². The molecule has 0 saturated carbocycles. The topological polar surface area (TPSA) is 32.7 Å². The third-order valence-corrected chi connectivity index (χ3v) is 2.90. The van der Waals surface area contributed by atoms with E-state index in [2.05, 4.69) is 4.90 Å². The van der Waals surface area contributed by atoms with Gasteiger partial charge >= 0.3 is 0 Å². The highest BCUT2D eigenvalue weighted by molar-refractivity contribution is 5.32. The van der Waals surface area contributed by atoms with Crippen LogP contribution < -0.4 is 4.74 Å². The van der Waals surface area contributed by atoms with Gasteiger partial charge in [-0.2, -0.15) is 0 Å². The molecule has 96 valence electrons. The van der Waals surface area contributed by atoms with E-state index in [-0.39, 0.29) is 5.92 Å². The Bertz CT molecular complexity index is 355. The lowest BCUT2D eigenvalue weighted by atomic mass is 9.84. The van der Waals surface area contributed by atoms with Crippen LogP contribution in [0.5, 0.6) is 5.75 Å². The number of hydrogen-bond donors (Lipinski definition) is 1. The minimum Gasteiger partial charge on any atom is -0.497 e. The molecule has 0 aliphatic carbocycles. The summed E-state index contributed by atoms with van der Waals surface area (Å²) in [6.07, 6.45) is 0. The summed E-state index contributed by atoms with van der Waals surface area (Å²) in [6.45, 7) is 4.50. The summed E-state index contributed by atoms with van der Waals surface area (Å²) in [5, 5.41) is 10.3. The summed E-state index contributed by atoms with van der Waals surface area (Å²) in [5.74, 6) is 0.892. The van der Waals surface area contributed by atoms with Crippen LogP contribution in [0.25, 0.3) is 0 Å². The van der Waals surface area contributed by atoms with E-state index in [4.69, 9.17) is 4.74 Å². The molecule has 1 aromatic rings. The van der Waals surface area contributed by atoms with E-state index in [0.717, 1.165) is 17.9 Å². The van der Waals surface area contributed by atoms with Gasteiger partial charge in [0.15, 0.2) is 0 Å². The standard InChI is InChI=1S/C14H23NO2/c1-14(2,16)13(10-15(3)4)11-7-6-8-12(9-11)17-5/h6-9,13,16H,10H2,1-5H3. The maximum atomic E-state index is 10.3. The predicted molar refractivity (Wildman–Crippen MR) is 70.6 cm³/mol. The lowest BCUT2D eigenvalue weighted by Gasteiger charge is -2.32. The Morgan fingerprint density at radius 1 is 1.35 bits per heavy atom. The van der Waals surface area contributed by atoms with Crippen LogP contribution in [0.1, 0.15) is 25.3 Å². The largest absolute Gasteiger partial charge is 0.497 e. The fourth-order valence-corrected chi connectivity index (χ4v) is 1.96. The Labute approximate surface area is 104 Å². The minimum absolute atomic E-state index is 0.0626. The summed E-state index contributed by atoms with van der Waals surface area (Å²) in [5.41, 5.74) is 0.349. The summed E-state index contributed by atoms with van der Waals surface area (Å²) < 4.78 is 5.23. The molecule has 0 saturated heterocycles. The average Bonchev–Trinajstić information content (AvgIpc) is 2.24. The molecule has 1 unspecified atom stereocenters. The van der Waals surface area contributed by atoms with Crippen molar-refractivity contribution in [3.63, 3.8) is 0 Å². The quantitative estimate of drug-likeness (QED) is 0.851. The zero-order valence-corrected chi connectivity index (χ0v) is 11.4. The fourth-order valence-electron chi connectivity index (χ4n) is 1.96. The monoisotopic (exact) mass is 237 g/mol. The normalized spacial score (nSPS) is 13.8. The van der Waals surface area contributed by atoms with E-state index < -0.39 is 5.60 Å². The van der Waals surface area contributed by atoms with Crippen molar-refractivity contribution < 1.29 is 9.84 Å². The molecule has 0 fully saturated rings. The number of nitrogens with zero attached hydrogens (tertiary/aromatic N) is 1. The first kappa shape index (κ1) is 14.0. The molecule has 3 heteroatoms. The highest BCUT2D eigenvalue weighted by Gasteiger charge is 2.28. The average molecular weight is 237 g/mol. The number of aliphatic hydroxyl groups is 1. The van der Waals surface area contributed by atoms with Gasteiger partial charge in [0.2, 0.25) is 0 Å². The minimum atomic E-state index is -0.753. The van der Waals surface area contributed by atoms with Crippen molar-refractivity contribution in [1.29, 1.82) is 0 Å². The first-order valence-corrected chi connectivity index (χ1v) is 5.85. The second-order valence-corrected chi connectivity index (χ2v) is 5.25. The van der Waals surface area contributed by atoms with Gasteiger partial charge in [-0.3, -0.25) is 0 Å². The van der Waals surface area contributed by atoms with E-state index in [9.17, 15) is 5.11 Å². The zero-order chi connectivity index (χ0) is 13.1. The highest BCUT2D eigenvalue weighted by atomic mass is 16.5. The number of benzene rings is 1. The SMILES string of the molecule is COc1cccc(C(CN(C)C)C(C)(C)O)c1. The molecule has 1 aromatic carbocycles. The number of ether oxygens (including phenoxy) is 1. The number of likely N-dealkylation sites (N-methyl/N-ethyl adjacent to an activating group) is 1. The number of hydrogen-bond acceptors (Lipinski definition) is 3. The molecule has 0 aromatic heterocycles. The maximum Gasteiger partial charge on any atom is 0.119 e. The van der Waals surface area contributed by atoms with E-state index in [1.807, 2.05) is 52.2 Å². The molecule has 0 spiro atoms. The molecule has 0 radical (unpaired) electrons. The van der Waals surface area contributed by atoms with Gasteiger partial charge in [0, 0.05) is 12.5 Å². The van der Waals surface area contributed by atoms with Gasteiger partial charge in [0.05, 0.1) is 12.7 Å². The molecule has 0 heterocycles. The van der Waals surface area contributed by atoms with Gasteiger partial charge < -0.3 is 14.7 Å². The van der Waals surface area contributed by atoms with Gasteiger partial charge in [0.1, 0.15) is 5.75 Å². The van der Waals surface area contributed by atoms with Gasteiger partial charge in [-0.25, -0.2) is 0 Å². The zero-order valence-electron chi connectivity index (χ0n) is 11.4. The number of rotatable bonds is 5. The van der Waals surface area contributed by atoms with Crippen molar-refractivity contribution in [3.8, 4) is 5.75 Å². The summed E-state index contributed by atoms with van der Waals surface area (Å²) in [4.78, 5) is 2.09. The Morgan fingerprint density at radius 3 is 2.47 bits per heavy atom. The Hall–Kier alpha value is -1.06. The van der Waals surface area contributed by atoms with Crippen LogP contribution in [0.4, 0.5) is 0 Å². The smallest absolute Gasteiger partial charge is 0.119 e. The van der Waals surface area contributed by atoms with Crippen LogP contribution in [0, 0.1) is 0 Å². The van der Waals surface area contributed by atoms with Crippen LogP contribution in [0.15, 0.2) is 24.3 Å². The van der Waals surface area contributed by atoms with E-state index in [1.54, 1.807) is 7.11 Å². The molecule has 0 amide bonds. The third-order valence-electron chi connectivity index (χ3n) is 2.90. The molecule has 1 rings (SSSR count). The van der Waals surface area contributed by atoms with Crippen molar-refractivity contribution in [2.75, 3.05) is 27.7 Å². The van der Waals surface area contributed by atoms with Gasteiger partial charge in [-0.15, -0.1) is 0 Å². The number of methoxy groups -OCH3 is 1. The van der Waals surface area contributed by atoms with Crippen LogP contribution in [0.3, 0.4) is 0 Å². The third kappa shape index (κ3) is 4.02. The van der Waals surface area contributed by atoms with Crippen LogP contribution >= 0.6 is 0 Å². The first-order chi connectivity index (χ1) is 7.84. The van der Waals surface area contributed by atoms with Crippen molar-refractivity contribution in [3.05, 3.63) is 29.8 Å². The molecule has 1 N–H and O–H groups in total. The first-order valence-electron chi connectivity index (χ1n) is 5.85. The molecule has 0 aliphatic heterocycles. The maximum absolute atomic E-state index is 10.3. The predicted octanol–water partition coefficient (Wildman–Crippen LogP) is 2.11. The second-order valence-electron chi connectivity index (χ2n) is 5.25. The van der Waals surface area contributed by atoms with Crippen molar-refractivity contribution in [2.24, 2.45) is 0 Å². The van der Waals surface area contributed by atoms with Gasteiger partial charge in [0.25, 0.3) is 0 Å². The molecular formula is C14H23NO2. The molecular weight excluding hydrogens is 214 g/mol. The summed E-state index contributed by atoms with van der Waals surface area (Å²) in [7, 11) is 5.68. The fraction of sp³-hybridized carbons (Fsp3) is 0.571. The van der Waals surface area contributed by atoms with Crippen LogP contribution in [-0.4, -0.2) is 43.4 Å². The lowest BCUT2D eigenvalue weighted by Crippen LogP contribution is -2.36. The van der Waals surface area contributed by atoms with E-state index >= 15 is 0 Å². The lowest BCUT2D eigenvalue weighted by molar-refractivity contribution is 0.0402. The highest BCUT2D eigenvalue weighted by Crippen LogP contribution is 2.30.